The van der Waals surface area contributed by atoms with E-state index in [-0.39, 0.29) is 0 Å². The molecule has 2 unspecified atom stereocenters. The van der Waals surface area contributed by atoms with Crippen LogP contribution in [0.5, 0.6) is 0 Å². The topological polar surface area (TPSA) is 35.5 Å². The molecular formula is C7H10F2O3. The van der Waals surface area contributed by atoms with Gasteiger partial charge in [-0.1, -0.05) is 0 Å². The predicted octanol–water partition coefficient (Wildman–Crippen LogP) is 1.61. The lowest BCUT2D eigenvalue weighted by Gasteiger charge is -2.30. The van der Waals surface area contributed by atoms with E-state index in [1.807, 2.05) is 0 Å². The molecule has 0 spiro atoms. The molecule has 1 aliphatic heterocycles. The van der Waals surface area contributed by atoms with E-state index < -0.39 is 30.7 Å². The molecule has 0 aliphatic carbocycles. The summed E-state index contributed by atoms with van der Waals surface area (Å²) in [6.07, 6.45) is -1.02. The summed E-state index contributed by atoms with van der Waals surface area (Å²) >= 11 is 0. The highest BCUT2D eigenvalue weighted by molar-refractivity contribution is 5.64. The van der Waals surface area contributed by atoms with Crippen molar-refractivity contribution in [3.8, 4) is 0 Å². The van der Waals surface area contributed by atoms with Gasteiger partial charge in [0.15, 0.2) is 11.2 Å². The van der Waals surface area contributed by atoms with E-state index in [1.54, 1.807) is 0 Å². The van der Waals surface area contributed by atoms with Gasteiger partial charge in [0.2, 0.25) is 0 Å². The van der Waals surface area contributed by atoms with E-state index in [0.717, 1.165) is 0 Å². The Hall–Kier alpha value is -0.870. The number of carbonyl (C=O) groups excluding carboxylic acids is 1. The average molecular weight is 180 g/mol. The SMILES string of the molecule is CC1(CF)OC(=O)OC1(C)CF. The first kappa shape index (κ1) is 9.22. The minimum atomic E-state index is -1.50. The van der Waals surface area contributed by atoms with Crippen LogP contribution in [0.15, 0.2) is 0 Å². The Morgan fingerprint density at radius 1 is 1.17 bits per heavy atom. The third kappa shape index (κ3) is 1.04. The summed E-state index contributed by atoms with van der Waals surface area (Å²) in [5, 5.41) is 0. The molecule has 1 aliphatic rings. The Bertz CT molecular complexity index is 189. The van der Waals surface area contributed by atoms with Gasteiger partial charge >= 0.3 is 6.16 Å². The fraction of sp³-hybridized carbons (Fsp3) is 0.857. The molecule has 0 bridgehead atoms. The molecule has 0 radical (unpaired) electrons. The Balaban J connectivity index is 2.93. The van der Waals surface area contributed by atoms with Crippen LogP contribution in [0, 0.1) is 0 Å². The van der Waals surface area contributed by atoms with Crippen LogP contribution in [-0.2, 0) is 9.47 Å². The minimum absolute atomic E-state index is 0.959. The van der Waals surface area contributed by atoms with E-state index in [0.29, 0.717) is 0 Å². The molecule has 0 aromatic rings. The van der Waals surface area contributed by atoms with Crippen LogP contribution in [-0.4, -0.2) is 30.7 Å². The van der Waals surface area contributed by atoms with E-state index in [2.05, 4.69) is 9.47 Å². The second-order valence-electron chi connectivity index (χ2n) is 3.18. The second kappa shape index (κ2) is 2.57. The maximum absolute atomic E-state index is 12.4. The molecule has 3 nitrogen and oxygen atoms in total. The van der Waals surface area contributed by atoms with E-state index in [4.69, 9.17) is 0 Å². The van der Waals surface area contributed by atoms with Crippen LogP contribution in [0.3, 0.4) is 0 Å². The smallest absolute Gasteiger partial charge is 0.421 e. The van der Waals surface area contributed by atoms with Crippen molar-refractivity contribution < 1.29 is 23.0 Å². The summed E-state index contributed by atoms with van der Waals surface area (Å²) in [6, 6.07) is 0. The first-order valence-corrected chi connectivity index (χ1v) is 3.51. The number of carbonyl (C=O) groups is 1. The van der Waals surface area contributed by atoms with Crippen LogP contribution < -0.4 is 0 Å². The van der Waals surface area contributed by atoms with Gasteiger partial charge in [-0.15, -0.1) is 0 Å². The van der Waals surface area contributed by atoms with Crippen LogP contribution in [0.25, 0.3) is 0 Å². The van der Waals surface area contributed by atoms with Crippen LogP contribution in [0.1, 0.15) is 13.8 Å². The highest BCUT2D eigenvalue weighted by atomic mass is 19.1. The summed E-state index contributed by atoms with van der Waals surface area (Å²) in [4.78, 5) is 10.6. The molecule has 2 atom stereocenters. The molecule has 5 heteroatoms. The third-order valence-corrected chi connectivity index (χ3v) is 2.25. The Labute approximate surface area is 68.6 Å². The maximum Gasteiger partial charge on any atom is 0.509 e. The number of hydrogen-bond acceptors (Lipinski definition) is 3. The van der Waals surface area contributed by atoms with E-state index >= 15 is 0 Å². The lowest BCUT2D eigenvalue weighted by Crippen LogP contribution is -2.50. The van der Waals surface area contributed by atoms with Crippen molar-refractivity contribution >= 4 is 6.16 Å². The summed E-state index contributed by atoms with van der Waals surface area (Å²) < 4.78 is 33.9. The van der Waals surface area contributed by atoms with Crippen molar-refractivity contribution in [2.45, 2.75) is 25.0 Å². The molecule has 1 fully saturated rings. The Kier molecular flexibility index (Phi) is 1.97. The Morgan fingerprint density at radius 2 is 1.50 bits per heavy atom. The lowest BCUT2D eigenvalue weighted by molar-refractivity contribution is -0.0520. The predicted molar refractivity (Wildman–Crippen MR) is 36.3 cm³/mol. The highest BCUT2D eigenvalue weighted by Gasteiger charge is 2.57. The van der Waals surface area contributed by atoms with Crippen molar-refractivity contribution in [2.24, 2.45) is 0 Å². The Morgan fingerprint density at radius 3 is 1.75 bits per heavy atom. The number of hydrogen-bond donors (Lipinski definition) is 0. The van der Waals surface area contributed by atoms with Crippen molar-refractivity contribution in [1.82, 2.24) is 0 Å². The van der Waals surface area contributed by atoms with Crippen LogP contribution in [0.2, 0.25) is 0 Å². The molecule has 0 amide bonds. The monoisotopic (exact) mass is 180 g/mol. The van der Waals surface area contributed by atoms with Gasteiger partial charge < -0.3 is 9.47 Å². The standard InChI is InChI=1S/C7H10F2O3/c1-6(3-8)7(2,4-9)12-5(10)11-6/h3-4H2,1-2H3. The zero-order chi connectivity index (χ0) is 9.41. The average Bonchev–Trinajstić information content (AvgIpc) is 2.25. The molecule has 0 N–H and O–H groups in total. The van der Waals surface area contributed by atoms with Gasteiger partial charge in [0.05, 0.1) is 0 Å². The number of cyclic esters (lactones) is 2. The van der Waals surface area contributed by atoms with Crippen LogP contribution >= 0.6 is 0 Å². The first-order valence-electron chi connectivity index (χ1n) is 3.51. The number of rotatable bonds is 2. The van der Waals surface area contributed by atoms with E-state index in [1.165, 1.54) is 13.8 Å². The summed E-state index contributed by atoms with van der Waals surface area (Å²) in [6.45, 7) is 0.688. The summed E-state index contributed by atoms with van der Waals surface area (Å²) in [7, 11) is 0. The molecular weight excluding hydrogens is 170 g/mol. The van der Waals surface area contributed by atoms with Gasteiger partial charge in [0.25, 0.3) is 0 Å². The zero-order valence-electron chi connectivity index (χ0n) is 6.89. The highest BCUT2D eigenvalue weighted by Crippen LogP contribution is 2.37. The quantitative estimate of drug-likeness (QED) is 0.605. The molecule has 0 aromatic heterocycles. The van der Waals surface area contributed by atoms with Gasteiger partial charge in [-0.05, 0) is 13.8 Å². The van der Waals surface area contributed by atoms with Gasteiger partial charge in [-0.2, -0.15) is 0 Å². The molecule has 1 rings (SSSR count). The number of alkyl halides is 2. The van der Waals surface area contributed by atoms with Crippen molar-refractivity contribution in [2.75, 3.05) is 13.3 Å². The fourth-order valence-corrected chi connectivity index (χ4v) is 0.942. The zero-order valence-corrected chi connectivity index (χ0v) is 6.89. The molecule has 12 heavy (non-hydrogen) atoms. The summed E-state index contributed by atoms with van der Waals surface area (Å²) in [5.74, 6) is 0. The molecule has 1 heterocycles. The van der Waals surface area contributed by atoms with Gasteiger partial charge in [0, 0.05) is 0 Å². The summed E-state index contributed by atoms with van der Waals surface area (Å²) in [5.41, 5.74) is -3.00. The fourth-order valence-electron chi connectivity index (χ4n) is 0.942. The van der Waals surface area contributed by atoms with Gasteiger partial charge in [-0.25, -0.2) is 13.6 Å². The largest absolute Gasteiger partial charge is 0.509 e. The van der Waals surface area contributed by atoms with Crippen LogP contribution in [0.4, 0.5) is 13.6 Å². The third-order valence-electron chi connectivity index (χ3n) is 2.25. The molecule has 1 saturated heterocycles. The number of ether oxygens (including phenoxy) is 2. The lowest BCUT2D eigenvalue weighted by atomic mass is 9.88. The minimum Gasteiger partial charge on any atom is -0.421 e. The van der Waals surface area contributed by atoms with Gasteiger partial charge in [-0.3, -0.25) is 0 Å². The molecule has 70 valence electrons. The van der Waals surface area contributed by atoms with E-state index in [9.17, 15) is 13.6 Å². The van der Waals surface area contributed by atoms with Crippen molar-refractivity contribution in [3.63, 3.8) is 0 Å². The van der Waals surface area contributed by atoms with Crippen molar-refractivity contribution in [1.29, 1.82) is 0 Å². The number of halogens is 2. The van der Waals surface area contributed by atoms with Crippen molar-refractivity contribution in [3.05, 3.63) is 0 Å². The van der Waals surface area contributed by atoms with Gasteiger partial charge in [0.1, 0.15) is 13.3 Å². The second-order valence-corrected chi connectivity index (χ2v) is 3.18. The maximum atomic E-state index is 12.4. The molecule has 0 saturated carbocycles. The first-order chi connectivity index (χ1) is 5.47. The normalized spacial score (nSPS) is 40.8. The molecule has 0 aromatic carbocycles.